The minimum atomic E-state index is -0.0370. The number of aromatic nitrogens is 1. The van der Waals surface area contributed by atoms with Crippen molar-refractivity contribution in [2.75, 3.05) is 31.6 Å². The van der Waals surface area contributed by atoms with Crippen LogP contribution in [0.2, 0.25) is 0 Å². The van der Waals surface area contributed by atoms with Gasteiger partial charge in [0, 0.05) is 24.1 Å². The summed E-state index contributed by atoms with van der Waals surface area (Å²) in [5, 5.41) is 3.10. The summed E-state index contributed by atoms with van der Waals surface area (Å²) in [6.07, 6.45) is 4.97. The average molecular weight is 321 g/mol. The summed E-state index contributed by atoms with van der Waals surface area (Å²) < 4.78 is 5.80. The van der Waals surface area contributed by atoms with Crippen molar-refractivity contribution in [3.05, 3.63) is 23.9 Å². The largest absolute Gasteiger partial charge is 0.473 e. The van der Waals surface area contributed by atoms with E-state index in [0.717, 1.165) is 43.9 Å². The van der Waals surface area contributed by atoms with Crippen LogP contribution in [-0.4, -0.2) is 59.6 Å². The zero-order chi connectivity index (χ0) is 15.4. The maximum atomic E-state index is 12.2. The number of rotatable bonds is 4. The summed E-state index contributed by atoms with van der Waals surface area (Å²) in [6.45, 7) is 2.07. The Morgan fingerprint density at radius 1 is 1.36 bits per heavy atom. The van der Waals surface area contributed by atoms with E-state index in [2.05, 4.69) is 22.2 Å². The summed E-state index contributed by atoms with van der Waals surface area (Å²) in [6, 6.07) is 3.87. The Hall–Kier alpha value is -1.27. The first-order valence-electron chi connectivity index (χ1n) is 7.90. The van der Waals surface area contributed by atoms with Crippen molar-refractivity contribution < 1.29 is 9.53 Å². The van der Waals surface area contributed by atoms with Gasteiger partial charge in [0.1, 0.15) is 6.10 Å². The molecule has 5 nitrogen and oxygen atoms in total. The smallest absolute Gasteiger partial charge is 0.253 e. The summed E-state index contributed by atoms with van der Waals surface area (Å²) >= 11 is 1.91. The van der Waals surface area contributed by atoms with Crippen molar-refractivity contribution in [3.8, 4) is 5.88 Å². The van der Waals surface area contributed by atoms with Crippen molar-refractivity contribution in [2.24, 2.45) is 0 Å². The molecule has 1 atom stereocenters. The Bertz CT molecular complexity index is 495. The number of pyridine rings is 1. The number of nitrogens with zero attached hydrogens (tertiary/aromatic N) is 2. The molecule has 0 saturated carbocycles. The van der Waals surface area contributed by atoms with Crippen LogP contribution in [0.3, 0.4) is 0 Å². The molecule has 120 valence electrons. The van der Waals surface area contributed by atoms with E-state index in [1.54, 1.807) is 18.3 Å². The quantitative estimate of drug-likeness (QED) is 0.916. The maximum Gasteiger partial charge on any atom is 0.253 e. The molecular weight excluding hydrogens is 298 g/mol. The minimum absolute atomic E-state index is 0.0370. The number of hydrogen-bond acceptors (Lipinski definition) is 5. The van der Waals surface area contributed by atoms with E-state index in [-0.39, 0.29) is 18.1 Å². The summed E-state index contributed by atoms with van der Waals surface area (Å²) in [4.78, 5) is 18.8. The first kappa shape index (κ1) is 15.6. The third-order valence-corrected chi connectivity index (χ3v) is 5.36. The second-order valence-corrected chi connectivity index (χ2v) is 7.19. The van der Waals surface area contributed by atoms with E-state index in [4.69, 9.17) is 4.74 Å². The van der Waals surface area contributed by atoms with E-state index >= 15 is 0 Å². The highest BCUT2D eigenvalue weighted by Crippen LogP contribution is 2.22. The summed E-state index contributed by atoms with van der Waals surface area (Å²) in [5.74, 6) is 2.76. The fourth-order valence-corrected chi connectivity index (χ4v) is 3.88. The van der Waals surface area contributed by atoms with Crippen molar-refractivity contribution >= 4 is 17.7 Å². The number of thioether (sulfide) groups is 1. The second kappa shape index (κ2) is 7.33. The van der Waals surface area contributed by atoms with Gasteiger partial charge in [-0.25, -0.2) is 4.98 Å². The predicted octanol–water partition coefficient (Wildman–Crippen LogP) is 1.79. The molecule has 1 unspecified atom stereocenters. The van der Waals surface area contributed by atoms with Gasteiger partial charge in [-0.3, -0.25) is 4.79 Å². The molecule has 3 rings (SSSR count). The lowest BCUT2D eigenvalue weighted by Gasteiger charge is -2.29. The number of likely N-dealkylation sites (tertiary alicyclic amines) is 1. The van der Waals surface area contributed by atoms with Crippen LogP contribution in [0.1, 0.15) is 29.6 Å². The Balaban J connectivity index is 1.51. The monoisotopic (exact) mass is 321 g/mol. The fraction of sp³-hybridized carbons (Fsp3) is 0.625. The van der Waals surface area contributed by atoms with Gasteiger partial charge < -0.3 is 15.0 Å². The Morgan fingerprint density at radius 2 is 2.18 bits per heavy atom. The van der Waals surface area contributed by atoms with Gasteiger partial charge in [0.25, 0.3) is 5.91 Å². The molecule has 1 aromatic heterocycles. The number of ether oxygens (including phenoxy) is 1. The zero-order valence-corrected chi connectivity index (χ0v) is 13.8. The molecule has 0 bridgehead atoms. The lowest BCUT2D eigenvalue weighted by molar-refractivity contribution is 0.0916. The third kappa shape index (κ3) is 4.14. The van der Waals surface area contributed by atoms with Crippen LogP contribution < -0.4 is 10.1 Å². The number of carbonyl (C=O) groups excluding carboxylic acids is 1. The Labute approximate surface area is 135 Å². The van der Waals surface area contributed by atoms with Crippen LogP contribution in [0, 0.1) is 0 Å². The van der Waals surface area contributed by atoms with Gasteiger partial charge in [-0.05, 0) is 51.2 Å². The van der Waals surface area contributed by atoms with Crippen LogP contribution in [0.5, 0.6) is 5.88 Å². The molecule has 1 N–H and O–H groups in total. The van der Waals surface area contributed by atoms with Crippen LogP contribution in [0.25, 0.3) is 0 Å². The lowest BCUT2D eigenvalue weighted by atomic mass is 10.1. The summed E-state index contributed by atoms with van der Waals surface area (Å²) in [7, 11) is 2.11. The van der Waals surface area contributed by atoms with Gasteiger partial charge in [0.05, 0.1) is 5.56 Å². The van der Waals surface area contributed by atoms with Gasteiger partial charge in [0.2, 0.25) is 5.88 Å². The van der Waals surface area contributed by atoms with Crippen LogP contribution in [-0.2, 0) is 0 Å². The van der Waals surface area contributed by atoms with Crippen LogP contribution >= 0.6 is 11.8 Å². The molecule has 0 spiro atoms. The SMILES string of the molecule is CN1CCC(NC(=O)c2ccc(OC3CCSC3)nc2)CC1. The van der Waals surface area contributed by atoms with Crippen LogP contribution in [0.15, 0.2) is 18.3 Å². The highest BCUT2D eigenvalue weighted by atomic mass is 32.2. The topological polar surface area (TPSA) is 54.5 Å². The lowest BCUT2D eigenvalue weighted by Crippen LogP contribution is -2.43. The third-order valence-electron chi connectivity index (χ3n) is 4.23. The first-order valence-corrected chi connectivity index (χ1v) is 9.06. The maximum absolute atomic E-state index is 12.2. The predicted molar refractivity (Wildman–Crippen MR) is 88.6 cm³/mol. The zero-order valence-electron chi connectivity index (χ0n) is 13.0. The number of nitrogens with one attached hydrogen (secondary N) is 1. The number of amides is 1. The molecule has 0 aliphatic carbocycles. The van der Waals surface area contributed by atoms with E-state index in [1.807, 2.05) is 11.8 Å². The van der Waals surface area contributed by atoms with Crippen molar-refractivity contribution in [1.29, 1.82) is 0 Å². The van der Waals surface area contributed by atoms with Gasteiger partial charge >= 0.3 is 0 Å². The standard InChI is InChI=1S/C16H23N3O2S/c1-19-7-4-13(5-8-19)18-16(20)12-2-3-15(17-10-12)21-14-6-9-22-11-14/h2-3,10,13-14H,4-9,11H2,1H3,(H,18,20). The Morgan fingerprint density at radius 3 is 2.82 bits per heavy atom. The molecule has 0 aromatic carbocycles. The van der Waals surface area contributed by atoms with Gasteiger partial charge in [0.15, 0.2) is 0 Å². The number of hydrogen-bond donors (Lipinski definition) is 1. The molecule has 1 aromatic rings. The first-order chi connectivity index (χ1) is 10.7. The molecule has 1 amide bonds. The van der Waals surface area contributed by atoms with Gasteiger partial charge in [-0.2, -0.15) is 11.8 Å². The van der Waals surface area contributed by atoms with E-state index in [0.29, 0.717) is 11.4 Å². The second-order valence-electron chi connectivity index (χ2n) is 6.04. The van der Waals surface area contributed by atoms with E-state index in [9.17, 15) is 4.79 Å². The number of piperidine rings is 1. The Kier molecular flexibility index (Phi) is 5.20. The molecule has 22 heavy (non-hydrogen) atoms. The molecule has 3 heterocycles. The molecule has 2 saturated heterocycles. The van der Waals surface area contributed by atoms with E-state index < -0.39 is 0 Å². The number of carbonyl (C=O) groups is 1. The highest BCUT2D eigenvalue weighted by Gasteiger charge is 2.20. The van der Waals surface area contributed by atoms with Crippen LogP contribution in [0.4, 0.5) is 0 Å². The van der Waals surface area contributed by atoms with Gasteiger partial charge in [-0.15, -0.1) is 0 Å². The molecule has 2 fully saturated rings. The highest BCUT2D eigenvalue weighted by molar-refractivity contribution is 7.99. The summed E-state index contributed by atoms with van der Waals surface area (Å²) in [5.41, 5.74) is 0.604. The van der Waals surface area contributed by atoms with E-state index in [1.165, 1.54) is 0 Å². The normalized spacial score (nSPS) is 23.4. The van der Waals surface area contributed by atoms with Gasteiger partial charge in [-0.1, -0.05) is 0 Å². The molecule has 6 heteroatoms. The average Bonchev–Trinajstić information content (AvgIpc) is 3.03. The molecule has 0 radical (unpaired) electrons. The van der Waals surface area contributed by atoms with Crippen molar-refractivity contribution in [1.82, 2.24) is 15.2 Å². The minimum Gasteiger partial charge on any atom is -0.473 e. The molecule has 2 aliphatic heterocycles. The fourth-order valence-electron chi connectivity index (χ4n) is 2.78. The molecular formula is C16H23N3O2S. The van der Waals surface area contributed by atoms with Crippen molar-refractivity contribution in [2.45, 2.75) is 31.4 Å². The molecule has 2 aliphatic rings. The van der Waals surface area contributed by atoms with Crippen molar-refractivity contribution in [3.63, 3.8) is 0 Å².